The van der Waals surface area contributed by atoms with Crippen LogP contribution in [0.2, 0.25) is 0 Å². The lowest BCUT2D eigenvalue weighted by atomic mass is 10.1. The number of imidazole rings is 1. The maximum Gasteiger partial charge on any atom is 0.408 e. The van der Waals surface area contributed by atoms with Gasteiger partial charge in [0.1, 0.15) is 23.5 Å². The van der Waals surface area contributed by atoms with Crippen LogP contribution in [0.1, 0.15) is 46.4 Å². The van der Waals surface area contributed by atoms with E-state index in [1.165, 1.54) is 0 Å². The van der Waals surface area contributed by atoms with E-state index in [0.717, 1.165) is 35.1 Å². The van der Waals surface area contributed by atoms with E-state index >= 15 is 0 Å². The van der Waals surface area contributed by atoms with E-state index in [1.54, 1.807) is 0 Å². The molecule has 2 heterocycles. The molecule has 1 aliphatic carbocycles. The Labute approximate surface area is 175 Å². The summed E-state index contributed by atoms with van der Waals surface area (Å²) < 4.78 is 13.3. The van der Waals surface area contributed by atoms with E-state index in [2.05, 4.69) is 14.9 Å². The highest BCUT2D eigenvalue weighted by atomic mass is 16.6. The molecule has 0 atom stereocenters. The number of hydrogen-bond acceptors (Lipinski definition) is 6. The second-order valence-electron chi connectivity index (χ2n) is 8.87. The zero-order valence-corrected chi connectivity index (χ0v) is 18.0. The van der Waals surface area contributed by atoms with Gasteiger partial charge in [-0.1, -0.05) is 18.2 Å². The van der Waals surface area contributed by atoms with Crippen molar-refractivity contribution in [3.8, 4) is 0 Å². The molecule has 1 aliphatic rings. The molecule has 0 radical (unpaired) electrons. The molecule has 1 saturated carbocycles. The lowest BCUT2D eigenvalue weighted by Crippen LogP contribution is -2.43. The summed E-state index contributed by atoms with van der Waals surface area (Å²) in [5.74, 6) is 1.17. The van der Waals surface area contributed by atoms with Crippen molar-refractivity contribution in [3.05, 3.63) is 30.1 Å². The van der Waals surface area contributed by atoms with Gasteiger partial charge in [-0.2, -0.15) is 0 Å². The molecule has 160 valence electrons. The summed E-state index contributed by atoms with van der Waals surface area (Å²) in [6.45, 7) is 9.04. The summed E-state index contributed by atoms with van der Waals surface area (Å²) in [5, 5.41) is 4.05. The van der Waals surface area contributed by atoms with E-state index in [0.29, 0.717) is 31.1 Å². The number of fused-ring (bicyclic) bond motifs is 3. The molecule has 8 nitrogen and oxygen atoms in total. The second-order valence-corrected chi connectivity index (χ2v) is 8.87. The number of anilines is 1. The highest BCUT2D eigenvalue weighted by Gasteiger charge is 2.46. The molecule has 30 heavy (non-hydrogen) atoms. The molecule has 3 N–H and O–H groups in total. The lowest BCUT2D eigenvalue weighted by molar-refractivity contribution is 0.0490. The minimum atomic E-state index is -0.543. The molecule has 0 saturated heterocycles. The van der Waals surface area contributed by atoms with Gasteiger partial charge >= 0.3 is 6.09 Å². The topological polar surface area (TPSA) is 104 Å². The molecule has 4 rings (SSSR count). The predicted octanol–water partition coefficient (Wildman–Crippen LogP) is 3.76. The number of ether oxygens (including phenoxy) is 2. The van der Waals surface area contributed by atoms with Crippen LogP contribution in [-0.2, 0) is 22.6 Å². The number of benzene rings is 1. The summed E-state index contributed by atoms with van der Waals surface area (Å²) >= 11 is 0. The Morgan fingerprint density at radius 1 is 1.27 bits per heavy atom. The highest BCUT2D eigenvalue weighted by Crippen LogP contribution is 2.40. The van der Waals surface area contributed by atoms with Crippen molar-refractivity contribution in [2.75, 3.05) is 12.3 Å². The number of pyridine rings is 1. The third kappa shape index (κ3) is 4.05. The van der Waals surface area contributed by atoms with E-state index in [4.69, 9.17) is 20.2 Å². The Kier molecular flexibility index (Phi) is 5.05. The highest BCUT2D eigenvalue weighted by molar-refractivity contribution is 6.06. The van der Waals surface area contributed by atoms with Gasteiger partial charge in [0.25, 0.3) is 0 Å². The first-order chi connectivity index (χ1) is 14.2. The van der Waals surface area contributed by atoms with Gasteiger partial charge in [-0.05, 0) is 46.6 Å². The minimum Gasteiger partial charge on any atom is -0.444 e. The van der Waals surface area contributed by atoms with Crippen LogP contribution in [-0.4, -0.2) is 38.4 Å². The van der Waals surface area contributed by atoms with Gasteiger partial charge in [-0.25, -0.2) is 14.8 Å². The minimum absolute atomic E-state index is 0.363. The maximum atomic E-state index is 12.4. The molecular weight excluding hydrogens is 382 g/mol. The van der Waals surface area contributed by atoms with Gasteiger partial charge in [0.2, 0.25) is 0 Å². The smallest absolute Gasteiger partial charge is 0.408 e. The molecule has 8 heteroatoms. The number of para-hydroxylation sites is 1. The fourth-order valence-corrected chi connectivity index (χ4v) is 3.68. The number of alkyl carbamates (subject to hydrolysis) is 1. The first-order valence-electron chi connectivity index (χ1n) is 10.3. The number of nitrogens with zero attached hydrogens (tertiary/aromatic N) is 3. The van der Waals surface area contributed by atoms with Crippen LogP contribution in [0.25, 0.3) is 21.9 Å². The van der Waals surface area contributed by atoms with Crippen LogP contribution in [0.15, 0.2) is 24.3 Å². The second kappa shape index (κ2) is 7.43. The third-order valence-corrected chi connectivity index (χ3v) is 5.21. The molecular formula is C22H29N5O3. The van der Waals surface area contributed by atoms with Crippen LogP contribution >= 0.6 is 0 Å². The lowest BCUT2D eigenvalue weighted by Gasteiger charge is -2.24. The van der Waals surface area contributed by atoms with Crippen LogP contribution in [0.4, 0.5) is 10.6 Å². The Hall–Kier alpha value is -2.87. The van der Waals surface area contributed by atoms with Gasteiger partial charge in [-0.3, -0.25) is 0 Å². The van der Waals surface area contributed by atoms with Crippen molar-refractivity contribution < 1.29 is 14.3 Å². The molecule has 2 aromatic heterocycles. The number of aromatic nitrogens is 3. The predicted molar refractivity (Wildman–Crippen MR) is 116 cm³/mol. The van der Waals surface area contributed by atoms with E-state index < -0.39 is 11.7 Å². The van der Waals surface area contributed by atoms with Gasteiger partial charge < -0.3 is 25.1 Å². The Morgan fingerprint density at radius 2 is 2.00 bits per heavy atom. The van der Waals surface area contributed by atoms with Crippen LogP contribution in [0.5, 0.6) is 0 Å². The average molecular weight is 412 g/mol. The van der Waals surface area contributed by atoms with Crippen molar-refractivity contribution in [2.45, 2.75) is 64.8 Å². The zero-order valence-electron chi connectivity index (χ0n) is 18.0. The molecule has 1 amide bonds. The van der Waals surface area contributed by atoms with Gasteiger partial charge in [-0.15, -0.1) is 0 Å². The zero-order chi connectivity index (χ0) is 21.5. The third-order valence-electron chi connectivity index (χ3n) is 5.21. The van der Waals surface area contributed by atoms with E-state index in [9.17, 15) is 4.79 Å². The first kappa shape index (κ1) is 20.4. The van der Waals surface area contributed by atoms with Crippen molar-refractivity contribution >= 4 is 33.8 Å². The number of carbonyl (C=O) groups is 1. The normalized spacial score (nSPS) is 15.5. The summed E-state index contributed by atoms with van der Waals surface area (Å²) in [7, 11) is 0. The number of carbonyl (C=O) groups excluding carboxylic acids is 1. The van der Waals surface area contributed by atoms with Crippen molar-refractivity contribution in [1.82, 2.24) is 19.9 Å². The largest absolute Gasteiger partial charge is 0.444 e. The van der Waals surface area contributed by atoms with Crippen molar-refractivity contribution in [3.63, 3.8) is 0 Å². The summed E-state index contributed by atoms with van der Waals surface area (Å²) in [4.78, 5) is 21.7. The Morgan fingerprint density at radius 3 is 2.67 bits per heavy atom. The maximum absolute atomic E-state index is 12.4. The van der Waals surface area contributed by atoms with E-state index in [1.807, 2.05) is 52.0 Å². The fraction of sp³-hybridized carbons (Fsp3) is 0.500. The molecule has 1 fully saturated rings. The fourth-order valence-electron chi connectivity index (χ4n) is 3.68. The number of nitrogen functional groups attached to an aromatic ring is 1. The monoisotopic (exact) mass is 411 g/mol. The van der Waals surface area contributed by atoms with Crippen LogP contribution < -0.4 is 11.1 Å². The molecule has 0 aliphatic heterocycles. The van der Waals surface area contributed by atoms with Crippen LogP contribution in [0, 0.1) is 0 Å². The van der Waals surface area contributed by atoms with Crippen LogP contribution in [0.3, 0.4) is 0 Å². The SMILES string of the molecule is CCOCc1nc2c(N)nc3ccccc3c2n1CC1(NC(=O)OC(C)(C)C)CC1. The number of amides is 1. The Balaban J connectivity index is 1.76. The molecule has 0 unspecified atom stereocenters. The standard InChI is InChI=1S/C22H29N5O3/c1-5-29-12-16-25-17-18(14-8-6-7-9-15(14)24-19(17)23)27(16)13-22(10-11-22)26-20(28)30-21(2,3)4/h6-9H,5,10-13H2,1-4H3,(H2,23,24)(H,26,28). The van der Waals surface area contributed by atoms with Gasteiger partial charge in [0.15, 0.2) is 5.82 Å². The molecule has 3 aromatic rings. The van der Waals surface area contributed by atoms with Crippen molar-refractivity contribution in [2.24, 2.45) is 0 Å². The first-order valence-corrected chi connectivity index (χ1v) is 10.3. The molecule has 0 bridgehead atoms. The number of nitrogens with two attached hydrogens (primary N) is 1. The summed E-state index contributed by atoms with van der Waals surface area (Å²) in [6, 6.07) is 7.88. The average Bonchev–Trinajstić information content (AvgIpc) is 3.30. The molecule has 0 spiro atoms. The number of nitrogens with one attached hydrogen (secondary N) is 1. The molecule has 1 aromatic carbocycles. The van der Waals surface area contributed by atoms with E-state index in [-0.39, 0.29) is 5.54 Å². The summed E-state index contributed by atoms with van der Waals surface area (Å²) in [6.07, 6.45) is 1.35. The van der Waals surface area contributed by atoms with Crippen molar-refractivity contribution in [1.29, 1.82) is 0 Å². The Bertz CT molecular complexity index is 1100. The number of hydrogen-bond donors (Lipinski definition) is 2. The number of rotatable bonds is 6. The quantitative estimate of drug-likeness (QED) is 0.640. The summed E-state index contributed by atoms with van der Waals surface area (Å²) in [5.41, 5.74) is 7.74. The van der Waals surface area contributed by atoms with Gasteiger partial charge in [0.05, 0.1) is 16.6 Å². The van der Waals surface area contributed by atoms with Gasteiger partial charge in [0, 0.05) is 18.5 Å².